The third kappa shape index (κ3) is 3.43. The molecule has 0 aliphatic carbocycles. The van der Waals surface area contributed by atoms with Gasteiger partial charge in [-0.15, -0.1) is 0 Å². The van der Waals surface area contributed by atoms with Gasteiger partial charge in [-0.3, -0.25) is 0 Å². The second-order valence-corrected chi connectivity index (χ2v) is 6.88. The van der Waals surface area contributed by atoms with E-state index in [-0.39, 0.29) is 11.7 Å². The Labute approximate surface area is 163 Å². The van der Waals surface area contributed by atoms with E-state index in [1.54, 1.807) is 20.3 Å². The fourth-order valence-electron chi connectivity index (χ4n) is 3.69. The zero-order valence-electron chi connectivity index (χ0n) is 16.2. The van der Waals surface area contributed by atoms with E-state index in [2.05, 4.69) is 5.32 Å². The lowest BCUT2D eigenvalue weighted by atomic mass is 9.94. The summed E-state index contributed by atoms with van der Waals surface area (Å²) in [7, 11) is 3.28. The summed E-state index contributed by atoms with van der Waals surface area (Å²) in [6.45, 7) is 3.21. The standard InChI is InChI=1S/C22H23NO5/c1-13-8-22(24)28-19-10-15(4-5-16(13)19)27-12-18-17-11-21(26-3)20(25-2)9-14(17)6-7-23-18/h4-5,8-11,18,23H,6-7,12H2,1-3H3. The molecule has 2 heterocycles. The molecule has 0 amide bonds. The monoisotopic (exact) mass is 381 g/mol. The predicted molar refractivity (Wildman–Crippen MR) is 107 cm³/mol. The van der Waals surface area contributed by atoms with Crippen LogP contribution in [-0.2, 0) is 6.42 Å². The summed E-state index contributed by atoms with van der Waals surface area (Å²) in [6.07, 6.45) is 0.923. The molecule has 1 aliphatic rings. The molecule has 1 atom stereocenters. The Morgan fingerprint density at radius 2 is 1.89 bits per heavy atom. The quantitative estimate of drug-likeness (QED) is 0.683. The summed E-state index contributed by atoms with van der Waals surface area (Å²) in [5.74, 6) is 2.11. The molecule has 6 nitrogen and oxygen atoms in total. The second-order valence-electron chi connectivity index (χ2n) is 6.88. The molecule has 146 valence electrons. The lowest BCUT2D eigenvalue weighted by Crippen LogP contribution is -2.33. The van der Waals surface area contributed by atoms with E-state index in [9.17, 15) is 4.79 Å². The first-order chi connectivity index (χ1) is 13.6. The Bertz CT molecular complexity index is 1070. The van der Waals surface area contributed by atoms with Crippen LogP contribution in [0, 0.1) is 6.92 Å². The molecule has 1 unspecified atom stereocenters. The highest BCUT2D eigenvalue weighted by atomic mass is 16.5. The highest BCUT2D eigenvalue weighted by molar-refractivity contribution is 5.81. The van der Waals surface area contributed by atoms with Gasteiger partial charge in [0, 0.05) is 17.5 Å². The highest BCUT2D eigenvalue weighted by Gasteiger charge is 2.23. The van der Waals surface area contributed by atoms with Crippen molar-refractivity contribution in [3.05, 3.63) is 63.5 Å². The number of ether oxygens (including phenoxy) is 3. The normalized spacial score (nSPS) is 15.9. The summed E-state index contributed by atoms with van der Waals surface area (Å²) >= 11 is 0. The van der Waals surface area contributed by atoms with E-state index in [1.165, 1.54) is 11.6 Å². The van der Waals surface area contributed by atoms with Crippen molar-refractivity contribution in [2.45, 2.75) is 19.4 Å². The van der Waals surface area contributed by atoms with Gasteiger partial charge < -0.3 is 23.9 Å². The molecule has 1 aliphatic heterocycles. The van der Waals surface area contributed by atoms with Crippen LogP contribution >= 0.6 is 0 Å². The van der Waals surface area contributed by atoms with Crippen LogP contribution in [0.4, 0.5) is 0 Å². The van der Waals surface area contributed by atoms with Gasteiger partial charge in [0.05, 0.1) is 20.3 Å². The first-order valence-corrected chi connectivity index (χ1v) is 9.24. The highest BCUT2D eigenvalue weighted by Crippen LogP contribution is 2.35. The number of benzene rings is 2. The van der Waals surface area contributed by atoms with E-state index in [1.807, 2.05) is 31.2 Å². The number of rotatable bonds is 5. The number of aryl methyl sites for hydroxylation is 1. The first kappa shape index (κ1) is 18.4. The average Bonchev–Trinajstić information content (AvgIpc) is 2.70. The smallest absolute Gasteiger partial charge is 0.336 e. The van der Waals surface area contributed by atoms with Crippen LogP contribution in [0.1, 0.15) is 22.7 Å². The lowest BCUT2D eigenvalue weighted by molar-refractivity contribution is 0.260. The molecule has 3 aromatic rings. The minimum atomic E-state index is -0.355. The van der Waals surface area contributed by atoms with E-state index >= 15 is 0 Å². The Kier molecular flexibility index (Phi) is 4.96. The largest absolute Gasteiger partial charge is 0.493 e. The molecular weight excluding hydrogens is 358 g/mol. The summed E-state index contributed by atoms with van der Waals surface area (Å²) in [6, 6.07) is 11.2. The lowest BCUT2D eigenvalue weighted by Gasteiger charge is -2.28. The maximum atomic E-state index is 11.6. The topological polar surface area (TPSA) is 69.9 Å². The third-order valence-electron chi connectivity index (χ3n) is 5.15. The summed E-state index contributed by atoms with van der Waals surface area (Å²) < 4.78 is 22.2. The van der Waals surface area contributed by atoms with Crippen molar-refractivity contribution in [1.82, 2.24) is 5.32 Å². The Hall–Kier alpha value is -2.99. The Balaban J connectivity index is 1.58. The zero-order valence-corrected chi connectivity index (χ0v) is 16.2. The molecule has 0 saturated heterocycles. The van der Waals surface area contributed by atoms with Gasteiger partial charge >= 0.3 is 5.63 Å². The molecule has 28 heavy (non-hydrogen) atoms. The maximum Gasteiger partial charge on any atom is 0.336 e. The van der Waals surface area contributed by atoms with Gasteiger partial charge in [0.25, 0.3) is 0 Å². The van der Waals surface area contributed by atoms with Crippen LogP contribution in [-0.4, -0.2) is 27.4 Å². The maximum absolute atomic E-state index is 11.6. The van der Waals surface area contributed by atoms with Gasteiger partial charge in [-0.05, 0) is 60.8 Å². The molecule has 0 saturated carbocycles. The van der Waals surface area contributed by atoms with Crippen molar-refractivity contribution < 1.29 is 18.6 Å². The molecule has 0 fully saturated rings. The van der Waals surface area contributed by atoms with Crippen molar-refractivity contribution >= 4 is 11.0 Å². The number of nitrogens with one attached hydrogen (secondary N) is 1. The SMILES string of the molecule is COc1cc2c(cc1OC)C(COc1ccc3c(C)cc(=O)oc3c1)NCC2. The van der Waals surface area contributed by atoms with Crippen LogP contribution < -0.4 is 25.2 Å². The number of hydrogen-bond acceptors (Lipinski definition) is 6. The molecule has 0 spiro atoms. The van der Waals surface area contributed by atoms with Crippen molar-refractivity contribution in [1.29, 1.82) is 0 Å². The van der Waals surface area contributed by atoms with Crippen LogP contribution in [0.15, 0.2) is 45.6 Å². The number of hydrogen-bond donors (Lipinski definition) is 1. The average molecular weight is 381 g/mol. The van der Waals surface area contributed by atoms with Gasteiger partial charge in [0.1, 0.15) is 17.9 Å². The van der Waals surface area contributed by atoms with E-state index in [0.717, 1.165) is 35.2 Å². The second kappa shape index (κ2) is 7.56. The van der Waals surface area contributed by atoms with Crippen molar-refractivity contribution in [2.75, 3.05) is 27.4 Å². The summed E-state index contributed by atoms with van der Waals surface area (Å²) in [4.78, 5) is 11.6. The summed E-state index contributed by atoms with van der Waals surface area (Å²) in [5, 5.41) is 4.40. The molecule has 2 aromatic carbocycles. The molecule has 1 aromatic heterocycles. The van der Waals surface area contributed by atoms with Crippen LogP contribution in [0.3, 0.4) is 0 Å². The molecule has 0 bridgehead atoms. The Morgan fingerprint density at radius 3 is 2.68 bits per heavy atom. The van der Waals surface area contributed by atoms with Crippen molar-refractivity contribution in [2.24, 2.45) is 0 Å². The molecule has 1 N–H and O–H groups in total. The predicted octanol–water partition coefficient (Wildman–Crippen LogP) is 3.38. The molecular formula is C22H23NO5. The molecule has 0 radical (unpaired) electrons. The van der Waals surface area contributed by atoms with E-state index < -0.39 is 0 Å². The van der Waals surface area contributed by atoms with Crippen LogP contribution in [0.5, 0.6) is 17.2 Å². The van der Waals surface area contributed by atoms with Crippen molar-refractivity contribution in [3.8, 4) is 17.2 Å². The van der Waals surface area contributed by atoms with Gasteiger partial charge in [-0.2, -0.15) is 0 Å². The number of fused-ring (bicyclic) bond motifs is 2. The third-order valence-corrected chi connectivity index (χ3v) is 5.15. The van der Waals surface area contributed by atoms with Crippen LogP contribution in [0.25, 0.3) is 11.0 Å². The van der Waals surface area contributed by atoms with E-state index in [0.29, 0.717) is 23.7 Å². The van der Waals surface area contributed by atoms with Crippen LogP contribution in [0.2, 0.25) is 0 Å². The first-order valence-electron chi connectivity index (χ1n) is 9.24. The van der Waals surface area contributed by atoms with E-state index in [4.69, 9.17) is 18.6 Å². The zero-order chi connectivity index (χ0) is 19.7. The van der Waals surface area contributed by atoms with Gasteiger partial charge in [0.2, 0.25) is 0 Å². The minimum absolute atomic E-state index is 0.0313. The number of methoxy groups -OCH3 is 2. The Morgan fingerprint density at radius 1 is 1.11 bits per heavy atom. The fraction of sp³-hybridized carbons (Fsp3) is 0.318. The minimum Gasteiger partial charge on any atom is -0.493 e. The van der Waals surface area contributed by atoms with Gasteiger partial charge in [0.15, 0.2) is 11.5 Å². The van der Waals surface area contributed by atoms with Gasteiger partial charge in [-0.25, -0.2) is 4.79 Å². The van der Waals surface area contributed by atoms with Crippen molar-refractivity contribution in [3.63, 3.8) is 0 Å². The molecule has 4 rings (SSSR count). The summed E-state index contributed by atoms with van der Waals surface area (Å²) in [5.41, 5.74) is 3.44. The molecule has 6 heteroatoms. The van der Waals surface area contributed by atoms with Gasteiger partial charge in [-0.1, -0.05) is 0 Å². The fourth-order valence-corrected chi connectivity index (χ4v) is 3.69.